The zero-order valence-electron chi connectivity index (χ0n) is 9.53. The van der Waals surface area contributed by atoms with Crippen molar-refractivity contribution >= 4 is 16.7 Å². The van der Waals surface area contributed by atoms with Crippen LogP contribution in [0.25, 0.3) is 10.9 Å². The fraction of sp³-hybridized carbons (Fsp3) is 0.333. The summed E-state index contributed by atoms with van der Waals surface area (Å²) in [7, 11) is 1.69. The van der Waals surface area contributed by atoms with Crippen molar-refractivity contribution in [3.8, 4) is 0 Å². The van der Waals surface area contributed by atoms with Crippen LogP contribution >= 0.6 is 0 Å². The molecular weight excluding hydrogens is 202 g/mol. The van der Waals surface area contributed by atoms with Gasteiger partial charge in [-0.25, -0.2) is 9.97 Å². The topological polar surface area (TPSA) is 47.0 Å². The Morgan fingerprint density at radius 3 is 3.00 bits per heavy atom. The van der Waals surface area contributed by atoms with Crippen molar-refractivity contribution in [2.75, 3.05) is 25.6 Å². The predicted molar refractivity (Wildman–Crippen MR) is 64.6 cm³/mol. The van der Waals surface area contributed by atoms with E-state index in [0.29, 0.717) is 6.61 Å². The molecule has 0 aliphatic rings. The van der Waals surface area contributed by atoms with Crippen LogP contribution in [0.2, 0.25) is 0 Å². The lowest BCUT2D eigenvalue weighted by Crippen LogP contribution is -2.09. The molecule has 0 spiro atoms. The third-order valence-electron chi connectivity index (χ3n) is 2.47. The van der Waals surface area contributed by atoms with Crippen molar-refractivity contribution in [1.29, 1.82) is 0 Å². The number of aryl methyl sites for hydroxylation is 1. The number of aromatic nitrogens is 2. The predicted octanol–water partition coefficient (Wildman–Crippen LogP) is 2.00. The first kappa shape index (κ1) is 10.8. The van der Waals surface area contributed by atoms with Gasteiger partial charge in [0.2, 0.25) is 0 Å². The Morgan fingerprint density at radius 1 is 1.31 bits per heavy atom. The highest BCUT2D eigenvalue weighted by Crippen LogP contribution is 2.22. The lowest BCUT2D eigenvalue weighted by atomic mass is 10.1. The van der Waals surface area contributed by atoms with E-state index in [1.165, 1.54) is 5.56 Å². The molecule has 1 aromatic heterocycles. The molecule has 2 rings (SSSR count). The molecule has 4 heteroatoms. The Morgan fingerprint density at radius 2 is 2.19 bits per heavy atom. The van der Waals surface area contributed by atoms with E-state index in [0.717, 1.165) is 23.3 Å². The first-order valence-corrected chi connectivity index (χ1v) is 5.26. The highest BCUT2D eigenvalue weighted by Gasteiger charge is 2.04. The van der Waals surface area contributed by atoms with Crippen molar-refractivity contribution in [3.05, 3.63) is 30.1 Å². The number of hydrogen-bond acceptors (Lipinski definition) is 4. The van der Waals surface area contributed by atoms with Gasteiger partial charge in [-0.05, 0) is 18.6 Å². The van der Waals surface area contributed by atoms with Gasteiger partial charge in [0, 0.05) is 19.0 Å². The molecule has 84 valence electrons. The molecule has 0 bridgehead atoms. The van der Waals surface area contributed by atoms with Crippen LogP contribution in [0.1, 0.15) is 5.56 Å². The lowest BCUT2D eigenvalue weighted by Gasteiger charge is -2.09. The minimum absolute atomic E-state index is 0.664. The fourth-order valence-electron chi connectivity index (χ4n) is 1.69. The van der Waals surface area contributed by atoms with E-state index in [4.69, 9.17) is 4.74 Å². The summed E-state index contributed by atoms with van der Waals surface area (Å²) >= 11 is 0. The molecule has 0 amide bonds. The van der Waals surface area contributed by atoms with Gasteiger partial charge in [-0.2, -0.15) is 0 Å². The van der Waals surface area contributed by atoms with E-state index in [9.17, 15) is 0 Å². The van der Waals surface area contributed by atoms with Gasteiger partial charge < -0.3 is 10.1 Å². The summed E-state index contributed by atoms with van der Waals surface area (Å²) in [4.78, 5) is 8.51. The largest absolute Gasteiger partial charge is 0.383 e. The molecule has 1 aromatic carbocycles. The standard InChI is InChI=1S/C12H15N3O/c1-9-4-3-5-10-11(9)12(15-8-14-10)13-6-7-16-2/h3-5,8H,6-7H2,1-2H3,(H,13,14,15). The van der Waals surface area contributed by atoms with Crippen LogP contribution in [0.3, 0.4) is 0 Å². The van der Waals surface area contributed by atoms with E-state index in [1.54, 1.807) is 13.4 Å². The maximum atomic E-state index is 5.00. The van der Waals surface area contributed by atoms with Crippen LogP contribution in [0, 0.1) is 6.92 Å². The van der Waals surface area contributed by atoms with Crippen LogP contribution in [0.4, 0.5) is 5.82 Å². The number of rotatable bonds is 4. The van der Waals surface area contributed by atoms with E-state index in [-0.39, 0.29) is 0 Å². The van der Waals surface area contributed by atoms with Crippen LogP contribution in [-0.2, 0) is 4.74 Å². The monoisotopic (exact) mass is 217 g/mol. The molecular formula is C12H15N3O. The molecule has 1 N–H and O–H groups in total. The molecule has 0 radical (unpaired) electrons. The molecule has 16 heavy (non-hydrogen) atoms. The Labute approximate surface area is 94.7 Å². The van der Waals surface area contributed by atoms with E-state index >= 15 is 0 Å². The average Bonchev–Trinajstić information content (AvgIpc) is 2.30. The number of anilines is 1. The van der Waals surface area contributed by atoms with E-state index in [1.807, 2.05) is 12.1 Å². The minimum atomic E-state index is 0.664. The maximum absolute atomic E-state index is 5.00. The van der Waals surface area contributed by atoms with Gasteiger partial charge in [0.1, 0.15) is 12.1 Å². The van der Waals surface area contributed by atoms with Gasteiger partial charge in [-0.1, -0.05) is 12.1 Å². The summed E-state index contributed by atoms with van der Waals surface area (Å²) in [5.74, 6) is 0.875. The summed E-state index contributed by atoms with van der Waals surface area (Å²) in [5.41, 5.74) is 2.15. The van der Waals surface area contributed by atoms with Crippen LogP contribution in [0.15, 0.2) is 24.5 Å². The fourth-order valence-corrected chi connectivity index (χ4v) is 1.69. The second kappa shape index (κ2) is 4.90. The quantitative estimate of drug-likeness (QED) is 0.796. The van der Waals surface area contributed by atoms with Crippen molar-refractivity contribution < 1.29 is 4.74 Å². The second-order valence-electron chi connectivity index (χ2n) is 3.61. The summed E-state index contributed by atoms with van der Waals surface area (Å²) in [6.45, 7) is 3.47. The van der Waals surface area contributed by atoms with Gasteiger partial charge in [0.15, 0.2) is 0 Å². The van der Waals surface area contributed by atoms with Gasteiger partial charge in [-0.3, -0.25) is 0 Å². The molecule has 0 aliphatic heterocycles. The number of benzene rings is 1. The molecule has 0 fully saturated rings. The highest BCUT2D eigenvalue weighted by atomic mass is 16.5. The number of hydrogen-bond donors (Lipinski definition) is 1. The first-order chi connectivity index (χ1) is 7.83. The molecule has 0 aliphatic carbocycles. The molecule has 0 unspecified atom stereocenters. The zero-order valence-corrected chi connectivity index (χ0v) is 9.53. The highest BCUT2D eigenvalue weighted by molar-refractivity contribution is 5.91. The van der Waals surface area contributed by atoms with Crippen molar-refractivity contribution in [3.63, 3.8) is 0 Å². The third kappa shape index (κ3) is 2.12. The lowest BCUT2D eigenvalue weighted by molar-refractivity contribution is 0.210. The Hall–Kier alpha value is -1.68. The normalized spacial score (nSPS) is 10.6. The molecule has 0 atom stereocenters. The van der Waals surface area contributed by atoms with Crippen LogP contribution in [0.5, 0.6) is 0 Å². The van der Waals surface area contributed by atoms with Crippen LogP contribution < -0.4 is 5.32 Å². The van der Waals surface area contributed by atoms with Gasteiger partial charge >= 0.3 is 0 Å². The van der Waals surface area contributed by atoms with E-state index in [2.05, 4.69) is 28.3 Å². The molecule has 0 saturated heterocycles. The molecule has 4 nitrogen and oxygen atoms in total. The summed E-state index contributed by atoms with van der Waals surface area (Å²) in [6, 6.07) is 6.06. The smallest absolute Gasteiger partial charge is 0.137 e. The number of fused-ring (bicyclic) bond motifs is 1. The Balaban J connectivity index is 2.37. The number of nitrogens with zero attached hydrogens (tertiary/aromatic N) is 2. The third-order valence-corrected chi connectivity index (χ3v) is 2.47. The Bertz CT molecular complexity index is 479. The summed E-state index contributed by atoms with van der Waals surface area (Å²) < 4.78 is 5.00. The first-order valence-electron chi connectivity index (χ1n) is 5.26. The van der Waals surface area contributed by atoms with Gasteiger partial charge in [0.05, 0.1) is 12.1 Å². The molecule has 0 saturated carbocycles. The van der Waals surface area contributed by atoms with Crippen molar-refractivity contribution in [2.24, 2.45) is 0 Å². The summed E-state index contributed by atoms with van der Waals surface area (Å²) in [5, 5.41) is 4.34. The Kier molecular flexibility index (Phi) is 3.31. The second-order valence-corrected chi connectivity index (χ2v) is 3.61. The van der Waals surface area contributed by atoms with E-state index < -0.39 is 0 Å². The average molecular weight is 217 g/mol. The van der Waals surface area contributed by atoms with Crippen molar-refractivity contribution in [1.82, 2.24) is 9.97 Å². The molecule has 2 aromatic rings. The summed E-state index contributed by atoms with van der Waals surface area (Å²) in [6.07, 6.45) is 1.58. The van der Waals surface area contributed by atoms with Gasteiger partial charge in [-0.15, -0.1) is 0 Å². The molecule has 1 heterocycles. The number of ether oxygens (including phenoxy) is 1. The number of nitrogens with one attached hydrogen (secondary N) is 1. The number of methoxy groups -OCH3 is 1. The maximum Gasteiger partial charge on any atom is 0.137 e. The van der Waals surface area contributed by atoms with Crippen molar-refractivity contribution in [2.45, 2.75) is 6.92 Å². The SMILES string of the molecule is COCCNc1ncnc2cccc(C)c12. The minimum Gasteiger partial charge on any atom is -0.383 e. The van der Waals surface area contributed by atoms with Crippen LogP contribution in [-0.4, -0.2) is 30.2 Å². The van der Waals surface area contributed by atoms with Gasteiger partial charge in [0.25, 0.3) is 0 Å². The zero-order chi connectivity index (χ0) is 11.4.